The summed E-state index contributed by atoms with van der Waals surface area (Å²) in [5.41, 5.74) is 0. The van der Waals surface area contributed by atoms with E-state index in [0.29, 0.717) is 0 Å². The highest BCUT2D eigenvalue weighted by atomic mass is 35.5. The van der Waals surface area contributed by atoms with Gasteiger partial charge in [0.2, 0.25) is 0 Å². The van der Waals surface area contributed by atoms with E-state index in [1.807, 2.05) is 0 Å². The first-order valence-corrected chi connectivity index (χ1v) is 2.00. The van der Waals surface area contributed by atoms with E-state index in [-0.39, 0.29) is 18.6 Å². The zero-order valence-electron chi connectivity index (χ0n) is 7.03. The molecule has 10 heavy (non-hydrogen) atoms. The number of hydrogen-bond acceptors (Lipinski definition) is 0. The van der Waals surface area contributed by atoms with Crippen molar-refractivity contribution in [2.45, 2.75) is 0 Å². The third-order valence-corrected chi connectivity index (χ3v) is 0. The molecule has 0 amide bonds. The van der Waals surface area contributed by atoms with Crippen molar-refractivity contribution in [3.8, 4) is 0 Å². The van der Waals surface area contributed by atoms with Crippen molar-refractivity contribution in [3.63, 3.8) is 0 Å². The van der Waals surface area contributed by atoms with Crippen LogP contribution in [0.2, 0.25) is 0 Å². The Hall–Kier alpha value is -0.790. The fourth-order valence-corrected chi connectivity index (χ4v) is 0. The van der Waals surface area contributed by atoms with Crippen LogP contribution < -0.4 is 18.6 Å². The molecule has 0 aliphatic carbocycles. The summed E-state index contributed by atoms with van der Waals surface area (Å²) < 4.78 is 0. The van der Waals surface area contributed by atoms with Crippen molar-refractivity contribution in [1.29, 1.82) is 0 Å². The molecule has 0 rings (SSSR count). The maximum atomic E-state index is 3.00. The largest absolute Gasteiger partial charge is 1.00 e. The molecule has 0 spiro atoms. The highest BCUT2D eigenvalue weighted by molar-refractivity contribution is 4.23. The van der Waals surface area contributed by atoms with Crippen LogP contribution in [0.25, 0.3) is 0 Å². The van der Waals surface area contributed by atoms with Crippen molar-refractivity contribution in [1.82, 2.24) is 6.15 Å². The molecule has 0 aliphatic rings. The van der Waals surface area contributed by atoms with E-state index < -0.39 is 0 Å². The van der Waals surface area contributed by atoms with Gasteiger partial charge in [-0.25, -0.2) is 0 Å². The Morgan fingerprint density at radius 1 is 0.400 bits per heavy atom. The van der Waals surface area contributed by atoms with Crippen LogP contribution >= 0.6 is 0 Å². The Kier molecular flexibility index (Phi) is 4120. The minimum absolute atomic E-state index is 0. The Labute approximate surface area is 71.8 Å². The molecule has 4 N–H and O–H groups in total. The molecule has 0 atom stereocenters. The molecule has 2 heteroatoms. The summed E-state index contributed by atoms with van der Waals surface area (Å²) in [5, 5.41) is 0. The van der Waals surface area contributed by atoms with Gasteiger partial charge in [0.15, 0.2) is 0 Å². The second-order valence-electron chi connectivity index (χ2n) is 0. The quantitative estimate of drug-likeness (QED) is 0.511. The minimum Gasteiger partial charge on any atom is -1.00 e. The third kappa shape index (κ3) is 446. The SMILES string of the molecule is C=C.C=C.C=C.C=C.[Cl-].[NH4+]. The van der Waals surface area contributed by atoms with Gasteiger partial charge >= 0.3 is 0 Å². The molecule has 0 unspecified atom stereocenters. The maximum absolute atomic E-state index is 3.00. The normalized spacial score (nSPS) is 1.60. The number of quaternary nitrogens is 1. The summed E-state index contributed by atoms with van der Waals surface area (Å²) in [6.45, 7) is 24.0. The number of halogens is 1. The lowest BCUT2D eigenvalue weighted by Gasteiger charge is -1.00. The lowest BCUT2D eigenvalue weighted by atomic mass is 11.3. The molecule has 0 aromatic heterocycles. The van der Waals surface area contributed by atoms with Gasteiger partial charge in [-0.3, -0.25) is 0 Å². The Morgan fingerprint density at radius 2 is 0.400 bits per heavy atom. The summed E-state index contributed by atoms with van der Waals surface area (Å²) >= 11 is 0. The lowest BCUT2D eigenvalue weighted by Crippen LogP contribution is -3.00. The second kappa shape index (κ2) is 684. The molecule has 0 saturated carbocycles. The van der Waals surface area contributed by atoms with Gasteiger partial charge in [0.25, 0.3) is 0 Å². The van der Waals surface area contributed by atoms with Gasteiger partial charge in [0, 0.05) is 0 Å². The van der Waals surface area contributed by atoms with Crippen LogP contribution in [0.4, 0.5) is 0 Å². The van der Waals surface area contributed by atoms with E-state index in [2.05, 4.69) is 52.6 Å². The smallest absolute Gasteiger partial charge is 0.106 e. The molecular formula is C8H20ClN. The first-order valence-electron chi connectivity index (χ1n) is 2.00. The molecule has 0 aliphatic heterocycles. The van der Waals surface area contributed by atoms with E-state index in [1.165, 1.54) is 0 Å². The molecule has 0 bridgehead atoms. The monoisotopic (exact) mass is 165 g/mol. The molecule has 1 nitrogen and oxygen atoms in total. The molecule has 0 aromatic carbocycles. The van der Waals surface area contributed by atoms with Crippen LogP contribution in [0.1, 0.15) is 0 Å². The van der Waals surface area contributed by atoms with Crippen molar-refractivity contribution < 1.29 is 12.4 Å². The van der Waals surface area contributed by atoms with E-state index in [4.69, 9.17) is 0 Å². The highest BCUT2D eigenvalue weighted by Gasteiger charge is 0.607. The summed E-state index contributed by atoms with van der Waals surface area (Å²) in [6.07, 6.45) is 0. The third-order valence-electron chi connectivity index (χ3n) is 0. The predicted octanol–water partition coefficient (Wildman–Crippen LogP) is 0.589. The summed E-state index contributed by atoms with van der Waals surface area (Å²) in [6, 6.07) is 0. The van der Waals surface area contributed by atoms with Gasteiger partial charge in [0.05, 0.1) is 0 Å². The average molecular weight is 166 g/mol. The fourth-order valence-electron chi connectivity index (χ4n) is 0. The zero-order chi connectivity index (χ0) is 8.00. The highest BCUT2D eigenvalue weighted by Crippen LogP contribution is 0.868. The standard InChI is InChI=1S/4C2H4.ClH.H3N/c4*1-2;;/h4*1-2H2;1H;1H3. The van der Waals surface area contributed by atoms with Crippen LogP contribution in [0.5, 0.6) is 0 Å². The number of hydrogen-bond donors (Lipinski definition) is 1. The number of rotatable bonds is 0. The summed E-state index contributed by atoms with van der Waals surface area (Å²) in [7, 11) is 0. The molecular weight excluding hydrogens is 146 g/mol. The Bertz CT molecular complexity index is 17.2. The van der Waals surface area contributed by atoms with E-state index >= 15 is 0 Å². The topological polar surface area (TPSA) is 36.5 Å². The Morgan fingerprint density at radius 3 is 0.400 bits per heavy atom. The van der Waals surface area contributed by atoms with E-state index in [9.17, 15) is 0 Å². The van der Waals surface area contributed by atoms with Crippen molar-refractivity contribution >= 4 is 0 Å². The summed E-state index contributed by atoms with van der Waals surface area (Å²) in [5.74, 6) is 0. The molecule has 64 valence electrons. The van der Waals surface area contributed by atoms with Gasteiger partial charge in [-0.15, -0.1) is 52.6 Å². The molecule has 0 saturated heterocycles. The predicted molar refractivity (Wildman–Crippen MR) is 51.0 cm³/mol. The molecule has 0 fully saturated rings. The maximum Gasteiger partial charge on any atom is -0.106 e. The van der Waals surface area contributed by atoms with Crippen LogP contribution in [-0.2, 0) is 0 Å². The first-order chi connectivity index (χ1) is 4.00. The molecule has 0 heterocycles. The summed E-state index contributed by atoms with van der Waals surface area (Å²) in [4.78, 5) is 0. The van der Waals surface area contributed by atoms with E-state index in [0.717, 1.165) is 0 Å². The van der Waals surface area contributed by atoms with Crippen molar-refractivity contribution in [2.75, 3.05) is 0 Å². The van der Waals surface area contributed by atoms with Crippen molar-refractivity contribution in [2.24, 2.45) is 0 Å². The van der Waals surface area contributed by atoms with Crippen LogP contribution in [0.15, 0.2) is 52.6 Å². The van der Waals surface area contributed by atoms with Gasteiger partial charge in [-0.2, -0.15) is 0 Å². The molecule has 0 aromatic rings. The van der Waals surface area contributed by atoms with Crippen LogP contribution in [0, 0.1) is 0 Å². The lowest BCUT2D eigenvalue weighted by molar-refractivity contribution is -0.00000236. The first kappa shape index (κ1) is 60.2. The average Bonchev–Trinajstić information content (AvgIpc) is 2.03. The van der Waals surface area contributed by atoms with Gasteiger partial charge in [0.1, 0.15) is 0 Å². The van der Waals surface area contributed by atoms with Crippen molar-refractivity contribution in [3.05, 3.63) is 52.6 Å². The molecule has 0 radical (unpaired) electrons. The fraction of sp³-hybridized carbons (Fsp3) is 0. The van der Waals surface area contributed by atoms with Gasteiger partial charge in [-0.05, 0) is 0 Å². The minimum atomic E-state index is 0. The Balaban J connectivity index is -0.00000000500. The van der Waals surface area contributed by atoms with Crippen LogP contribution in [0.3, 0.4) is 0 Å². The second-order valence-corrected chi connectivity index (χ2v) is 0. The van der Waals surface area contributed by atoms with Crippen LogP contribution in [-0.4, -0.2) is 0 Å². The van der Waals surface area contributed by atoms with E-state index in [1.54, 1.807) is 0 Å². The van der Waals surface area contributed by atoms with Gasteiger partial charge < -0.3 is 18.6 Å². The van der Waals surface area contributed by atoms with Gasteiger partial charge in [-0.1, -0.05) is 0 Å². The zero-order valence-corrected chi connectivity index (χ0v) is 7.79.